The second-order valence-electron chi connectivity index (χ2n) is 6.99. The Kier molecular flexibility index (Phi) is 6.27. The second-order valence-corrected chi connectivity index (χ2v) is 7.25. The third-order valence-electron chi connectivity index (χ3n) is 4.66. The van der Waals surface area contributed by atoms with E-state index >= 15 is 0 Å². The lowest BCUT2D eigenvalue weighted by Crippen LogP contribution is -2.44. The number of nitrogens with zero attached hydrogens (tertiary/aromatic N) is 2. The van der Waals surface area contributed by atoms with E-state index in [4.69, 9.17) is 11.6 Å². The van der Waals surface area contributed by atoms with E-state index < -0.39 is 5.41 Å². The molecule has 2 amide bonds. The molecule has 0 aromatic heterocycles. The molecule has 0 radical (unpaired) electrons. The maximum atomic E-state index is 12.5. The Bertz CT molecular complexity index is 601. The summed E-state index contributed by atoms with van der Waals surface area (Å²) in [4.78, 5) is 28.7. The molecule has 0 atom stereocenters. The van der Waals surface area contributed by atoms with E-state index in [1.165, 1.54) is 11.1 Å². The lowest BCUT2D eigenvalue weighted by molar-refractivity contribution is -0.140. The number of alkyl halides is 1. The molecule has 1 aliphatic rings. The zero-order valence-corrected chi connectivity index (χ0v) is 15.6. The fourth-order valence-electron chi connectivity index (χ4n) is 2.99. The quantitative estimate of drug-likeness (QED) is 0.740. The van der Waals surface area contributed by atoms with Crippen molar-refractivity contribution in [1.29, 1.82) is 0 Å². The fourth-order valence-corrected chi connectivity index (χ4v) is 3.10. The first-order valence-electron chi connectivity index (χ1n) is 8.59. The second kappa shape index (κ2) is 8.02. The summed E-state index contributed by atoms with van der Waals surface area (Å²) in [6.07, 6.45) is 1.26. The lowest BCUT2D eigenvalue weighted by atomic mass is 9.94. The minimum Gasteiger partial charge on any atom is -0.342 e. The summed E-state index contributed by atoms with van der Waals surface area (Å²) >= 11 is 5.90. The highest BCUT2D eigenvalue weighted by atomic mass is 35.5. The third kappa shape index (κ3) is 4.29. The monoisotopic (exact) mass is 350 g/mol. The van der Waals surface area contributed by atoms with E-state index in [9.17, 15) is 9.59 Å². The number of rotatable bonds is 6. The fraction of sp³-hybridized carbons (Fsp3) is 0.579. The van der Waals surface area contributed by atoms with Crippen molar-refractivity contribution in [2.24, 2.45) is 5.41 Å². The van der Waals surface area contributed by atoms with Gasteiger partial charge in [0.2, 0.25) is 11.8 Å². The minimum absolute atomic E-state index is 0.0109. The van der Waals surface area contributed by atoms with E-state index in [1.54, 1.807) is 4.90 Å². The third-order valence-corrected chi connectivity index (χ3v) is 5.33. The van der Waals surface area contributed by atoms with Gasteiger partial charge in [0, 0.05) is 38.5 Å². The number of amides is 2. The van der Waals surface area contributed by atoms with Gasteiger partial charge in [-0.15, -0.1) is 11.6 Å². The Morgan fingerprint density at radius 1 is 1.25 bits per heavy atom. The van der Waals surface area contributed by atoms with Gasteiger partial charge >= 0.3 is 0 Å². The lowest BCUT2D eigenvalue weighted by Gasteiger charge is -2.32. The van der Waals surface area contributed by atoms with Crippen molar-refractivity contribution < 1.29 is 9.59 Å². The molecule has 2 rings (SSSR count). The topological polar surface area (TPSA) is 40.6 Å². The van der Waals surface area contributed by atoms with Gasteiger partial charge in [-0.05, 0) is 38.3 Å². The van der Waals surface area contributed by atoms with Crippen molar-refractivity contribution in [3.05, 3.63) is 35.4 Å². The number of carbonyl (C=O) groups is 2. The summed E-state index contributed by atoms with van der Waals surface area (Å²) in [5, 5.41) is 0. The predicted molar refractivity (Wildman–Crippen MR) is 96.9 cm³/mol. The molecular weight excluding hydrogens is 324 g/mol. The van der Waals surface area contributed by atoms with E-state index in [0.29, 0.717) is 26.1 Å². The van der Waals surface area contributed by atoms with Crippen LogP contribution in [0.15, 0.2) is 24.3 Å². The zero-order chi connectivity index (χ0) is 17.7. The summed E-state index contributed by atoms with van der Waals surface area (Å²) in [5.74, 6) is 0.398. The Balaban J connectivity index is 1.92. The molecule has 24 heavy (non-hydrogen) atoms. The number of benzene rings is 1. The van der Waals surface area contributed by atoms with Crippen LogP contribution < -0.4 is 0 Å². The smallest absolute Gasteiger partial charge is 0.229 e. The van der Waals surface area contributed by atoms with E-state index in [1.807, 2.05) is 37.8 Å². The molecule has 1 aromatic carbocycles. The highest BCUT2D eigenvalue weighted by molar-refractivity contribution is 6.19. The summed E-state index contributed by atoms with van der Waals surface area (Å²) < 4.78 is 0. The van der Waals surface area contributed by atoms with Crippen molar-refractivity contribution >= 4 is 23.4 Å². The predicted octanol–water partition coefficient (Wildman–Crippen LogP) is 3.07. The molecule has 0 N–H and O–H groups in total. The number of fused-ring (bicyclic) bond motifs is 1. The van der Waals surface area contributed by atoms with Crippen LogP contribution in [0.4, 0.5) is 0 Å². The van der Waals surface area contributed by atoms with Crippen molar-refractivity contribution in [2.45, 2.75) is 40.2 Å². The van der Waals surface area contributed by atoms with Gasteiger partial charge in [-0.1, -0.05) is 24.3 Å². The van der Waals surface area contributed by atoms with Crippen molar-refractivity contribution in [3.63, 3.8) is 0 Å². The van der Waals surface area contributed by atoms with Crippen molar-refractivity contribution in [1.82, 2.24) is 9.80 Å². The average Bonchev–Trinajstić information content (AvgIpc) is 2.61. The molecule has 0 spiro atoms. The number of halogens is 1. The number of hydrogen-bond acceptors (Lipinski definition) is 2. The standard InChI is InChI=1S/C19H27ClN2O2/c1-4-21(18(24)19(2,3)14-20)12-10-17(23)22-11-9-15-7-5-6-8-16(15)13-22/h5-8H,4,9-14H2,1-3H3. The van der Waals surface area contributed by atoms with Gasteiger partial charge in [0.25, 0.3) is 0 Å². The molecule has 0 unspecified atom stereocenters. The molecule has 0 saturated carbocycles. The van der Waals surface area contributed by atoms with Crippen LogP contribution in [0.2, 0.25) is 0 Å². The first-order valence-corrected chi connectivity index (χ1v) is 9.12. The van der Waals surface area contributed by atoms with Crippen molar-refractivity contribution in [3.8, 4) is 0 Å². The summed E-state index contributed by atoms with van der Waals surface area (Å²) in [6, 6.07) is 8.26. The highest BCUT2D eigenvalue weighted by Gasteiger charge is 2.31. The Hall–Kier alpha value is -1.55. The van der Waals surface area contributed by atoms with Gasteiger partial charge in [0.1, 0.15) is 0 Å². The molecule has 0 fully saturated rings. The molecule has 1 aromatic rings. The van der Waals surface area contributed by atoms with E-state index in [0.717, 1.165) is 13.0 Å². The Morgan fingerprint density at radius 3 is 2.54 bits per heavy atom. The van der Waals surface area contributed by atoms with Crippen LogP contribution in [-0.4, -0.2) is 47.1 Å². The maximum Gasteiger partial charge on any atom is 0.229 e. The van der Waals surface area contributed by atoms with Gasteiger partial charge in [-0.2, -0.15) is 0 Å². The first-order chi connectivity index (χ1) is 11.4. The normalized spacial score (nSPS) is 14.2. The van der Waals surface area contributed by atoms with Crippen LogP contribution >= 0.6 is 11.6 Å². The molecule has 0 bridgehead atoms. The summed E-state index contributed by atoms with van der Waals surface area (Å²) in [7, 11) is 0. The zero-order valence-electron chi connectivity index (χ0n) is 14.8. The Morgan fingerprint density at radius 2 is 1.92 bits per heavy atom. The van der Waals surface area contributed by atoms with E-state index in [-0.39, 0.29) is 17.7 Å². The largest absolute Gasteiger partial charge is 0.342 e. The average molecular weight is 351 g/mol. The van der Waals surface area contributed by atoms with Gasteiger partial charge in [-0.25, -0.2) is 0 Å². The number of carbonyl (C=O) groups excluding carboxylic acids is 2. The molecule has 0 aliphatic carbocycles. The van der Waals surface area contributed by atoms with Crippen LogP contribution in [0.3, 0.4) is 0 Å². The molecule has 132 valence electrons. The molecular formula is C19H27ClN2O2. The van der Waals surface area contributed by atoms with Gasteiger partial charge in [0.05, 0.1) is 5.41 Å². The van der Waals surface area contributed by atoms with Crippen molar-refractivity contribution in [2.75, 3.05) is 25.5 Å². The SMILES string of the molecule is CCN(CCC(=O)N1CCc2ccccc2C1)C(=O)C(C)(C)CCl. The molecule has 1 aliphatic heterocycles. The Labute approximate surface area is 149 Å². The van der Waals surface area contributed by atoms with Crippen LogP contribution in [0.25, 0.3) is 0 Å². The first kappa shape index (κ1) is 18.8. The van der Waals surface area contributed by atoms with Crippen LogP contribution in [0.1, 0.15) is 38.3 Å². The molecule has 5 heteroatoms. The maximum absolute atomic E-state index is 12.5. The van der Waals surface area contributed by atoms with Crippen LogP contribution in [0, 0.1) is 5.41 Å². The van der Waals surface area contributed by atoms with Crippen LogP contribution in [-0.2, 0) is 22.6 Å². The number of hydrogen-bond donors (Lipinski definition) is 0. The summed E-state index contributed by atoms with van der Waals surface area (Å²) in [6.45, 7) is 8.08. The summed E-state index contributed by atoms with van der Waals surface area (Å²) in [5.41, 5.74) is 1.96. The molecule has 1 heterocycles. The minimum atomic E-state index is -0.593. The highest BCUT2D eigenvalue weighted by Crippen LogP contribution is 2.22. The van der Waals surface area contributed by atoms with Crippen LogP contribution in [0.5, 0.6) is 0 Å². The van der Waals surface area contributed by atoms with Gasteiger partial charge < -0.3 is 9.80 Å². The van der Waals surface area contributed by atoms with Gasteiger partial charge in [0.15, 0.2) is 0 Å². The molecule has 0 saturated heterocycles. The molecule has 4 nitrogen and oxygen atoms in total. The van der Waals surface area contributed by atoms with Gasteiger partial charge in [-0.3, -0.25) is 9.59 Å². The van der Waals surface area contributed by atoms with E-state index in [2.05, 4.69) is 12.1 Å².